The van der Waals surface area contributed by atoms with E-state index in [9.17, 15) is 0 Å². The number of nitrogens with one attached hydrogen (secondary N) is 1. The number of hydrogen-bond acceptors (Lipinski definition) is 7. The molecule has 0 fully saturated rings. The summed E-state index contributed by atoms with van der Waals surface area (Å²) >= 11 is 0. The Kier molecular flexibility index (Phi) is 4.82. The van der Waals surface area contributed by atoms with Crippen LogP contribution >= 0.6 is 0 Å². The summed E-state index contributed by atoms with van der Waals surface area (Å²) in [6, 6.07) is 7.89. The zero-order valence-corrected chi connectivity index (χ0v) is 15.3. The summed E-state index contributed by atoms with van der Waals surface area (Å²) in [5.74, 6) is 2.28. The van der Waals surface area contributed by atoms with Gasteiger partial charge in [0.15, 0.2) is 5.75 Å². The first-order valence-electron chi connectivity index (χ1n) is 8.94. The molecule has 0 amide bonds. The van der Waals surface area contributed by atoms with E-state index in [0.717, 1.165) is 34.1 Å². The van der Waals surface area contributed by atoms with Crippen LogP contribution in [0.1, 0.15) is 24.1 Å². The molecule has 3 aromatic heterocycles. The van der Waals surface area contributed by atoms with Gasteiger partial charge in [-0.3, -0.25) is 4.98 Å². The van der Waals surface area contributed by atoms with E-state index >= 15 is 0 Å². The summed E-state index contributed by atoms with van der Waals surface area (Å²) in [4.78, 5) is 17.2. The molecule has 4 heterocycles. The minimum absolute atomic E-state index is 0.197. The van der Waals surface area contributed by atoms with E-state index in [-0.39, 0.29) is 5.92 Å². The number of anilines is 1. The fraction of sp³-hybridized carbons (Fsp3) is 0.300. The Labute approximate surface area is 157 Å². The number of pyridine rings is 2. The van der Waals surface area contributed by atoms with Gasteiger partial charge in [-0.15, -0.1) is 0 Å². The van der Waals surface area contributed by atoms with Crippen LogP contribution in [0.15, 0.2) is 43.0 Å². The number of fused-ring (bicyclic) bond motifs is 1. The van der Waals surface area contributed by atoms with E-state index in [2.05, 4.69) is 32.2 Å². The molecule has 138 valence electrons. The van der Waals surface area contributed by atoms with Gasteiger partial charge >= 0.3 is 0 Å². The summed E-state index contributed by atoms with van der Waals surface area (Å²) in [6.07, 6.45) is 5.14. The van der Waals surface area contributed by atoms with Gasteiger partial charge < -0.3 is 14.8 Å². The predicted octanol–water partition coefficient (Wildman–Crippen LogP) is 3.23. The largest absolute Gasteiger partial charge is 0.484 e. The van der Waals surface area contributed by atoms with Gasteiger partial charge in [0.2, 0.25) is 0 Å². The first-order chi connectivity index (χ1) is 13.2. The highest BCUT2D eigenvalue weighted by Gasteiger charge is 2.20. The Morgan fingerprint density at radius 1 is 1.07 bits per heavy atom. The molecule has 1 aliphatic rings. The third-order valence-electron chi connectivity index (χ3n) is 4.47. The second-order valence-corrected chi connectivity index (χ2v) is 6.49. The van der Waals surface area contributed by atoms with Crippen molar-refractivity contribution in [3.05, 3.63) is 54.2 Å². The van der Waals surface area contributed by atoms with Gasteiger partial charge in [-0.05, 0) is 25.1 Å². The SMILES string of the molecule is Cc1ccc(-c2cc(NC[C@@H](C)c3ccnc4c3OCCO4)ncn2)cn1. The van der Waals surface area contributed by atoms with Gasteiger partial charge in [-0.1, -0.05) is 6.92 Å². The van der Waals surface area contributed by atoms with E-state index in [1.165, 1.54) is 0 Å². The van der Waals surface area contributed by atoms with E-state index in [4.69, 9.17) is 9.47 Å². The summed E-state index contributed by atoms with van der Waals surface area (Å²) < 4.78 is 11.3. The van der Waals surface area contributed by atoms with Crippen LogP contribution in [0.4, 0.5) is 5.82 Å². The molecule has 0 aliphatic carbocycles. The van der Waals surface area contributed by atoms with Gasteiger partial charge in [0.25, 0.3) is 5.88 Å². The number of ether oxygens (including phenoxy) is 2. The second-order valence-electron chi connectivity index (χ2n) is 6.49. The summed E-state index contributed by atoms with van der Waals surface area (Å²) in [5, 5.41) is 3.38. The quantitative estimate of drug-likeness (QED) is 0.745. The summed E-state index contributed by atoms with van der Waals surface area (Å²) in [6.45, 7) is 5.87. The van der Waals surface area contributed by atoms with Crippen LogP contribution in [-0.2, 0) is 0 Å². The van der Waals surface area contributed by atoms with Crippen molar-refractivity contribution in [2.45, 2.75) is 19.8 Å². The summed E-state index contributed by atoms with van der Waals surface area (Å²) in [5.41, 5.74) is 3.86. The fourth-order valence-electron chi connectivity index (χ4n) is 2.96. The highest BCUT2D eigenvalue weighted by atomic mass is 16.6. The van der Waals surface area contributed by atoms with Crippen LogP contribution in [-0.4, -0.2) is 39.7 Å². The third kappa shape index (κ3) is 3.81. The molecule has 0 saturated carbocycles. The minimum atomic E-state index is 0.197. The zero-order chi connectivity index (χ0) is 18.6. The van der Waals surface area contributed by atoms with Crippen LogP contribution in [0.2, 0.25) is 0 Å². The molecule has 0 spiro atoms. The van der Waals surface area contributed by atoms with E-state index in [1.54, 1.807) is 12.5 Å². The Hall–Kier alpha value is -3.22. The lowest BCUT2D eigenvalue weighted by molar-refractivity contribution is 0.162. The first kappa shape index (κ1) is 17.2. The molecule has 0 unspecified atom stereocenters. The van der Waals surface area contributed by atoms with Gasteiger partial charge in [-0.25, -0.2) is 15.0 Å². The molecular formula is C20H21N5O2. The maximum Gasteiger partial charge on any atom is 0.257 e. The standard InChI is InChI=1S/C20H21N5O2/c1-13(16-5-6-21-20-19(16)26-7-8-27-20)10-23-18-9-17(24-12-25-18)15-4-3-14(2)22-11-15/h3-6,9,11-13H,7-8,10H2,1-2H3,(H,23,24,25)/t13-/m1/s1. The van der Waals surface area contributed by atoms with Gasteiger partial charge in [0.1, 0.15) is 25.4 Å². The van der Waals surface area contributed by atoms with Crippen LogP contribution in [0, 0.1) is 6.92 Å². The van der Waals surface area contributed by atoms with Crippen molar-refractivity contribution in [2.75, 3.05) is 25.1 Å². The van der Waals surface area contributed by atoms with E-state index in [1.807, 2.05) is 37.4 Å². The van der Waals surface area contributed by atoms with Crippen molar-refractivity contribution in [2.24, 2.45) is 0 Å². The van der Waals surface area contributed by atoms with Crippen LogP contribution in [0.5, 0.6) is 11.6 Å². The molecular weight excluding hydrogens is 342 g/mol. The molecule has 7 nitrogen and oxygen atoms in total. The third-order valence-corrected chi connectivity index (χ3v) is 4.47. The zero-order valence-electron chi connectivity index (χ0n) is 15.3. The molecule has 1 N–H and O–H groups in total. The smallest absolute Gasteiger partial charge is 0.257 e. The van der Waals surface area contributed by atoms with Crippen LogP contribution in [0.3, 0.4) is 0 Å². The van der Waals surface area contributed by atoms with Crippen molar-refractivity contribution in [3.8, 4) is 22.9 Å². The van der Waals surface area contributed by atoms with Crippen molar-refractivity contribution < 1.29 is 9.47 Å². The van der Waals surface area contributed by atoms with Crippen LogP contribution < -0.4 is 14.8 Å². The van der Waals surface area contributed by atoms with Crippen LogP contribution in [0.25, 0.3) is 11.3 Å². The van der Waals surface area contributed by atoms with Crippen molar-refractivity contribution >= 4 is 5.82 Å². The van der Waals surface area contributed by atoms with Gasteiger partial charge in [0, 0.05) is 47.7 Å². The molecule has 4 rings (SSSR count). The lowest BCUT2D eigenvalue weighted by Crippen LogP contribution is -2.19. The monoisotopic (exact) mass is 363 g/mol. The maximum absolute atomic E-state index is 5.77. The van der Waals surface area contributed by atoms with E-state index < -0.39 is 0 Å². The average molecular weight is 363 g/mol. The molecule has 0 aromatic carbocycles. The molecule has 0 bridgehead atoms. The number of hydrogen-bond donors (Lipinski definition) is 1. The number of aryl methyl sites for hydroxylation is 1. The minimum Gasteiger partial charge on any atom is -0.484 e. The van der Waals surface area contributed by atoms with Gasteiger partial charge in [-0.2, -0.15) is 0 Å². The predicted molar refractivity (Wildman–Crippen MR) is 102 cm³/mol. The molecule has 27 heavy (non-hydrogen) atoms. The average Bonchev–Trinajstić information content (AvgIpc) is 2.72. The second kappa shape index (κ2) is 7.57. The van der Waals surface area contributed by atoms with Crippen molar-refractivity contribution in [3.63, 3.8) is 0 Å². The number of aromatic nitrogens is 4. The molecule has 7 heteroatoms. The van der Waals surface area contributed by atoms with Crippen molar-refractivity contribution in [1.29, 1.82) is 0 Å². The Morgan fingerprint density at radius 3 is 2.81 bits per heavy atom. The molecule has 0 radical (unpaired) electrons. The normalized spacial score (nSPS) is 13.9. The Bertz CT molecular complexity index is 930. The molecule has 0 saturated heterocycles. The lowest BCUT2D eigenvalue weighted by Gasteiger charge is -2.22. The summed E-state index contributed by atoms with van der Waals surface area (Å²) in [7, 11) is 0. The maximum atomic E-state index is 5.77. The molecule has 3 aromatic rings. The lowest BCUT2D eigenvalue weighted by atomic mass is 10.0. The Morgan fingerprint density at radius 2 is 1.96 bits per heavy atom. The number of nitrogens with zero attached hydrogens (tertiary/aromatic N) is 4. The van der Waals surface area contributed by atoms with E-state index in [0.29, 0.717) is 25.6 Å². The van der Waals surface area contributed by atoms with Gasteiger partial charge in [0.05, 0.1) is 5.69 Å². The first-order valence-corrected chi connectivity index (χ1v) is 8.94. The Balaban J connectivity index is 1.48. The topological polar surface area (TPSA) is 82.1 Å². The fourth-order valence-corrected chi connectivity index (χ4v) is 2.96. The molecule has 1 aliphatic heterocycles. The number of rotatable bonds is 5. The highest BCUT2D eigenvalue weighted by Crippen LogP contribution is 2.35. The highest BCUT2D eigenvalue weighted by molar-refractivity contribution is 5.61. The van der Waals surface area contributed by atoms with Crippen molar-refractivity contribution in [1.82, 2.24) is 19.9 Å². The molecule has 1 atom stereocenters.